The number of rotatable bonds is 3. The van der Waals surface area contributed by atoms with E-state index >= 15 is 0 Å². The van der Waals surface area contributed by atoms with E-state index in [1.807, 2.05) is 24.3 Å². The Balaban J connectivity index is 2.63. The molecule has 0 aliphatic carbocycles. The second-order valence-corrected chi connectivity index (χ2v) is 4.82. The fraction of sp³-hybridized carbons (Fsp3) is 0.100. The van der Waals surface area contributed by atoms with Gasteiger partial charge < -0.3 is 11.1 Å². The maximum absolute atomic E-state index is 11.6. The monoisotopic (exact) mass is 362 g/mol. The van der Waals surface area contributed by atoms with Crippen LogP contribution in [0, 0.1) is 3.57 Å². The molecule has 0 unspecified atom stereocenters. The molecule has 1 rings (SSSR count). The topological polar surface area (TPSA) is 79.5 Å². The van der Waals surface area contributed by atoms with Crippen LogP contribution in [0.25, 0.3) is 0 Å². The van der Waals surface area contributed by atoms with Crippen LogP contribution in [0.15, 0.2) is 29.4 Å². The number of hydrogen-bond donors (Lipinski definition) is 3. The summed E-state index contributed by atoms with van der Waals surface area (Å²) >= 11 is 6.76. The third kappa shape index (κ3) is 5.09. The molecule has 1 aromatic rings. The van der Waals surface area contributed by atoms with Gasteiger partial charge in [0, 0.05) is 9.26 Å². The fourth-order valence-corrected chi connectivity index (χ4v) is 1.35. The minimum atomic E-state index is -0.310. The molecular weight excluding hydrogens is 351 g/mol. The number of benzene rings is 1. The molecule has 90 valence electrons. The summed E-state index contributed by atoms with van der Waals surface area (Å²) < 4.78 is 1.10. The second kappa shape index (κ2) is 6.50. The molecule has 5 nitrogen and oxygen atoms in total. The Morgan fingerprint density at radius 1 is 1.41 bits per heavy atom. The van der Waals surface area contributed by atoms with E-state index in [0.717, 1.165) is 3.57 Å². The third-order valence-corrected chi connectivity index (χ3v) is 2.57. The second-order valence-electron chi connectivity index (χ2n) is 3.13. The molecule has 0 bridgehead atoms. The van der Waals surface area contributed by atoms with E-state index in [0.29, 0.717) is 5.69 Å². The van der Waals surface area contributed by atoms with Gasteiger partial charge in [0.2, 0.25) is 0 Å². The van der Waals surface area contributed by atoms with Gasteiger partial charge in [-0.15, -0.1) is 0 Å². The number of hydrazone groups is 1. The first kappa shape index (κ1) is 13.8. The van der Waals surface area contributed by atoms with Gasteiger partial charge in [-0.1, -0.05) is 0 Å². The van der Waals surface area contributed by atoms with Gasteiger partial charge in [0.05, 0.1) is 0 Å². The van der Waals surface area contributed by atoms with Gasteiger partial charge in [0.25, 0.3) is 5.91 Å². The average molecular weight is 362 g/mol. The number of carbonyl (C=O) groups excluding carboxylic acids is 1. The number of amides is 1. The van der Waals surface area contributed by atoms with Gasteiger partial charge in [-0.2, -0.15) is 5.10 Å². The number of anilines is 1. The zero-order valence-corrected chi connectivity index (χ0v) is 12.0. The Kier molecular flexibility index (Phi) is 5.29. The molecule has 0 heterocycles. The van der Waals surface area contributed by atoms with Crippen LogP contribution in [0.1, 0.15) is 6.92 Å². The standard InChI is InChI=1S/C10H11IN4OS/c1-6(14-15-10(12)17)9(16)13-8-4-2-7(11)3-5-8/h2-5H,1H3,(H,13,16)(H3,12,15,17)/b14-6-. The number of carbonyl (C=O) groups is 1. The van der Waals surface area contributed by atoms with Crippen molar-refractivity contribution in [3.05, 3.63) is 27.8 Å². The van der Waals surface area contributed by atoms with E-state index in [1.54, 1.807) is 6.92 Å². The first-order valence-electron chi connectivity index (χ1n) is 4.65. The predicted octanol–water partition coefficient (Wildman–Crippen LogP) is 1.44. The summed E-state index contributed by atoms with van der Waals surface area (Å²) in [5, 5.41) is 6.44. The SMILES string of the molecule is C/C(=N/NC(N)=S)C(=O)Nc1ccc(I)cc1. The van der Waals surface area contributed by atoms with Crippen LogP contribution >= 0.6 is 34.8 Å². The van der Waals surface area contributed by atoms with Gasteiger partial charge in [-0.3, -0.25) is 10.2 Å². The zero-order valence-electron chi connectivity index (χ0n) is 9.03. The highest BCUT2D eigenvalue weighted by Gasteiger charge is 2.06. The lowest BCUT2D eigenvalue weighted by Crippen LogP contribution is -2.28. The van der Waals surface area contributed by atoms with Crippen LogP contribution in [-0.4, -0.2) is 16.7 Å². The molecule has 0 spiro atoms. The van der Waals surface area contributed by atoms with Crippen molar-refractivity contribution in [2.24, 2.45) is 10.8 Å². The Morgan fingerprint density at radius 3 is 2.53 bits per heavy atom. The fourth-order valence-electron chi connectivity index (χ4n) is 0.944. The first-order valence-corrected chi connectivity index (χ1v) is 6.14. The molecule has 1 amide bonds. The molecule has 0 radical (unpaired) electrons. The lowest BCUT2D eigenvalue weighted by atomic mass is 10.3. The molecule has 17 heavy (non-hydrogen) atoms. The summed E-state index contributed by atoms with van der Waals surface area (Å²) in [7, 11) is 0. The van der Waals surface area contributed by atoms with Crippen molar-refractivity contribution in [1.29, 1.82) is 0 Å². The van der Waals surface area contributed by atoms with Crippen molar-refractivity contribution in [3.8, 4) is 0 Å². The Labute approximate surface area is 118 Å². The van der Waals surface area contributed by atoms with Crippen molar-refractivity contribution >= 4 is 57.2 Å². The number of thiocarbonyl (C=S) groups is 1. The first-order chi connectivity index (χ1) is 7.99. The van der Waals surface area contributed by atoms with Crippen LogP contribution < -0.4 is 16.5 Å². The van der Waals surface area contributed by atoms with Crippen molar-refractivity contribution in [3.63, 3.8) is 0 Å². The molecule has 0 saturated carbocycles. The molecule has 0 atom stereocenters. The summed E-state index contributed by atoms with van der Waals surface area (Å²) in [5.74, 6) is -0.310. The molecule has 1 aromatic carbocycles. The number of nitrogens with two attached hydrogens (primary N) is 1. The lowest BCUT2D eigenvalue weighted by Gasteiger charge is -2.05. The number of halogens is 1. The average Bonchev–Trinajstić information content (AvgIpc) is 2.28. The predicted molar refractivity (Wildman–Crippen MR) is 80.8 cm³/mol. The van der Waals surface area contributed by atoms with Crippen LogP contribution in [0.5, 0.6) is 0 Å². The zero-order chi connectivity index (χ0) is 12.8. The van der Waals surface area contributed by atoms with E-state index in [1.165, 1.54) is 0 Å². The molecule has 0 saturated heterocycles. The summed E-state index contributed by atoms with van der Waals surface area (Å²) in [4.78, 5) is 11.6. The lowest BCUT2D eigenvalue weighted by molar-refractivity contribution is -0.110. The third-order valence-electron chi connectivity index (χ3n) is 1.76. The summed E-state index contributed by atoms with van der Waals surface area (Å²) in [6.07, 6.45) is 0. The number of hydrogen-bond acceptors (Lipinski definition) is 3. The van der Waals surface area contributed by atoms with Crippen LogP contribution in [0.4, 0.5) is 5.69 Å². The van der Waals surface area contributed by atoms with E-state index in [9.17, 15) is 4.79 Å². The van der Waals surface area contributed by atoms with Crippen molar-refractivity contribution < 1.29 is 4.79 Å². The molecule has 0 aromatic heterocycles. The van der Waals surface area contributed by atoms with E-state index in [-0.39, 0.29) is 16.7 Å². The molecule has 0 aliphatic rings. The highest BCUT2D eigenvalue weighted by Crippen LogP contribution is 2.10. The van der Waals surface area contributed by atoms with Crippen LogP contribution in [0.2, 0.25) is 0 Å². The normalized spacial score (nSPS) is 10.8. The number of nitrogens with one attached hydrogen (secondary N) is 2. The van der Waals surface area contributed by atoms with Crippen molar-refractivity contribution in [2.75, 3.05) is 5.32 Å². The largest absolute Gasteiger partial charge is 0.375 e. The quantitative estimate of drug-likeness (QED) is 0.329. The maximum atomic E-state index is 11.6. The number of nitrogens with zero attached hydrogens (tertiary/aromatic N) is 1. The van der Waals surface area contributed by atoms with E-state index < -0.39 is 0 Å². The Hall–Kier alpha value is -1.22. The van der Waals surface area contributed by atoms with Gasteiger partial charge in [-0.25, -0.2) is 0 Å². The molecular formula is C10H11IN4OS. The highest BCUT2D eigenvalue weighted by atomic mass is 127. The van der Waals surface area contributed by atoms with Crippen molar-refractivity contribution in [1.82, 2.24) is 5.43 Å². The van der Waals surface area contributed by atoms with Crippen LogP contribution in [0.3, 0.4) is 0 Å². The van der Waals surface area contributed by atoms with Gasteiger partial charge in [0.1, 0.15) is 5.71 Å². The van der Waals surface area contributed by atoms with E-state index in [4.69, 9.17) is 5.73 Å². The summed E-state index contributed by atoms with van der Waals surface area (Å²) in [5.41, 5.74) is 8.50. The van der Waals surface area contributed by atoms with E-state index in [2.05, 4.69) is 50.7 Å². The Bertz CT molecular complexity index is 458. The molecule has 0 fully saturated rings. The van der Waals surface area contributed by atoms with Gasteiger partial charge in [-0.05, 0) is 66.0 Å². The minimum Gasteiger partial charge on any atom is -0.375 e. The van der Waals surface area contributed by atoms with Crippen LogP contribution in [-0.2, 0) is 4.79 Å². The minimum absolute atomic E-state index is 0.0198. The molecule has 4 N–H and O–H groups in total. The van der Waals surface area contributed by atoms with Crippen molar-refractivity contribution in [2.45, 2.75) is 6.92 Å². The summed E-state index contributed by atoms with van der Waals surface area (Å²) in [6.45, 7) is 1.56. The summed E-state index contributed by atoms with van der Waals surface area (Å²) in [6, 6.07) is 7.42. The smallest absolute Gasteiger partial charge is 0.271 e. The Morgan fingerprint density at radius 2 is 2.00 bits per heavy atom. The molecule has 0 aliphatic heterocycles. The molecule has 7 heteroatoms. The van der Waals surface area contributed by atoms with Gasteiger partial charge in [0.15, 0.2) is 5.11 Å². The van der Waals surface area contributed by atoms with Gasteiger partial charge >= 0.3 is 0 Å². The maximum Gasteiger partial charge on any atom is 0.271 e. The highest BCUT2D eigenvalue weighted by molar-refractivity contribution is 14.1.